The maximum Gasteiger partial charge on any atom is 0.341 e. The third-order valence-electron chi connectivity index (χ3n) is 2.39. The zero-order valence-corrected chi connectivity index (χ0v) is 10.0. The van der Waals surface area contributed by atoms with Crippen molar-refractivity contribution in [3.8, 4) is 11.9 Å². The number of nitriles is 1. The second kappa shape index (κ2) is 4.51. The van der Waals surface area contributed by atoms with Crippen molar-refractivity contribution in [3.63, 3.8) is 0 Å². The molecule has 2 aromatic rings. The smallest absolute Gasteiger partial charge is 0.341 e. The number of benzene rings is 1. The number of aromatic carboxylic acids is 1. The standard InChI is InChI=1S/C12H7ClN2O3/c1-18-11-9(12(16)17)4-6-2-8(13)3-7(5-14)10(6)15-11/h2-4H,1H3,(H,16,17). The minimum Gasteiger partial charge on any atom is -0.480 e. The molecule has 1 aromatic carbocycles. The third kappa shape index (κ3) is 1.94. The first-order valence-electron chi connectivity index (χ1n) is 4.88. The molecule has 5 nitrogen and oxygen atoms in total. The van der Waals surface area contributed by atoms with Crippen LogP contribution in [0.5, 0.6) is 5.88 Å². The average molecular weight is 263 g/mol. The van der Waals surface area contributed by atoms with Crippen molar-refractivity contribution in [2.24, 2.45) is 0 Å². The molecule has 6 heteroatoms. The van der Waals surface area contributed by atoms with Gasteiger partial charge >= 0.3 is 5.97 Å². The molecule has 0 unspecified atom stereocenters. The number of fused-ring (bicyclic) bond motifs is 1. The van der Waals surface area contributed by atoms with Gasteiger partial charge in [0.1, 0.15) is 11.6 Å². The molecule has 1 heterocycles. The molecule has 90 valence electrons. The number of carboxylic acids is 1. The maximum absolute atomic E-state index is 11.0. The second-order valence-electron chi connectivity index (χ2n) is 3.49. The molecule has 0 aliphatic carbocycles. The lowest BCUT2D eigenvalue weighted by molar-refractivity contribution is 0.0692. The van der Waals surface area contributed by atoms with Gasteiger partial charge < -0.3 is 9.84 Å². The van der Waals surface area contributed by atoms with Crippen molar-refractivity contribution in [1.29, 1.82) is 5.26 Å². The van der Waals surface area contributed by atoms with E-state index in [0.29, 0.717) is 15.9 Å². The van der Waals surface area contributed by atoms with E-state index in [2.05, 4.69) is 4.98 Å². The SMILES string of the molecule is COc1nc2c(C#N)cc(Cl)cc2cc1C(=O)O. The van der Waals surface area contributed by atoms with Gasteiger partial charge in [0, 0.05) is 10.4 Å². The molecule has 0 atom stereocenters. The molecule has 18 heavy (non-hydrogen) atoms. The number of carbonyl (C=O) groups is 1. The molecule has 0 saturated heterocycles. The van der Waals surface area contributed by atoms with Crippen molar-refractivity contribution in [1.82, 2.24) is 4.98 Å². The lowest BCUT2D eigenvalue weighted by Gasteiger charge is -2.07. The first kappa shape index (κ1) is 12.1. The van der Waals surface area contributed by atoms with Crippen molar-refractivity contribution in [3.05, 3.63) is 34.3 Å². The molecular formula is C12H7ClN2O3. The number of rotatable bonds is 2. The van der Waals surface area contributed by atoms with E-state index in [1.54, 1.807) is 6.07 Å². The number of halogens is 1. The van der Waals surface area contributed by atoms with E-state index in [0.717, 1.165) is 0 Å². The van der Waals surface area contributed by atoms with Crippen molar-refractivity contribution in [2.75, 3.05) is 7.11 Å². The van der Waals surface area contributed by atoms with Gasteiger partial charge in [0.05, 0.1) is 18.2 Å². The Balaban J connectivity index is 2.87. The number of nitrogens with zero attached hydrogens (tertiary/aromatic N) is 2. The quantitative estimate of drug-likeness (QED) is 0.899. The summed E-state index contributed by atoms with van der Waals surface area (Å²) >= 11 is 5.85. The molecule has 0 spiro atoms. The molecule has 0 saturated carbocycles. The summed E-state index contributed by atoms with van der Waals surface area (Å²) in [6.07, 6.45) is 0. The topological polar surface area (TPSA) is 83.2 Å². The van der Waals surface area contributed by atoms with Crippen LogP contribution in [0, 0.1) is 11.3 Å². The monoisotopic (exact) mass is 262 g/mol. The fourth-order valence-electron chi connectivity index (χ4n) is 1.63. The number of methoxy groups -OCH3 is 1. The highest BCUT2D eigenvalue weighted by Gasteiger charge is 2.16. The van der Waals surface area contributed by atoms with E-state index in [-0.39, 0.29) is 17.0 Å². The Morgan fingerprint density at radius 1 is 1.50 bits per heavy atom. The molecule has 1 N–H and O–H groups in total. The molecular weight excluding hydrogens is 256 g/mol. The third-order valence-corrected chi connectivity index (χ3v) is 2.61. The van der Waals surface area contributed by atoms with Crippen LogP contribution in [0.4, 0.5) is 0 Å². The Morgan fingerprint density at radius 3 is 2.78 bits per heavy atom. The lowest BCUT2D eigenvalue weighted by atomic mass is 10.1. The van der Waals surface area contributed by atoms with Gasteiger partial charge in [-0.15, -0.1) is 0 Å². The lowest BCUT2D eigenvalue weighted by Crippen LogP contribution is -2.03. The summed E-state index contributed by atoms with van der Waals surface area (Å²) in [4.78, 5) is 15.1. The van der Waals surface area contributed by atoms with Gasteiger partial charge in [0.15, 0.2) is 0 Å². The van der Waals surface area contributed by atoms with E-state index < -0.39 is 5.97 Å². The van der Waals surface area contributed by atoms with Crippen LogP contribution in [0.25, 0.3) is 10.9 Å². The molecule has 0 radical (unpaired) electrons. The predicted molar refractivity (Wildman–Crippen MR) is 65.0 cm³/mol. The first-order valence-corrected chi connectivity index (χ1v) is 5.26. The van der Waals surface area contributed by atoms with Crippen LogP contribution in [0.2, 0.25) is 5.02 Å². The van der Waals surface area contributed by atoms with Gasteiger partial charge in [0.25, 0.3) is 0 Å². The highest BCUT2D eigenvalue weighted by atomic mass is 35.5. The maximum atomic E-state index is 11.0. The molecule has 2 rings (SSSR count). The van der Waals surface area contributed by atoms with Crippen LogP contribution in [0.1, 0.15) is 15.9 Å². The van der Waals surface area contributed by atoms with Crippen LogP contribution in [0.15, 0.2) is 18.2 Å². The van der Waals surface area contributed by atoms with Crippen LogP contribution in [0.3, 0.4) is 0 Å². The van der Waals surface area contributed by atoms with E-state index in [9.17, 15) is 4.79 Å². The van der Waals surface area contributed by atoms with E-state index in [4.69, 9.17) is 26.7 Å². The van der Waals surface area contributed by atoms with Crippen LogP contribution < -0.4 is 4.74 Å². The number of carboxylic acid groups (broad SMARTS) is 1. The Kier molecular flexibility index (Phi) is 3.04. The zero-order chi connectivity index (χ0) is 13.3. The van der Waals surface area contributed by atoms with Crippen molar-refractivity contribution < 1.29 is 14.6 Å². The summed E-state index contributed by atoms with van der Waals surface area (Å²) in [5.41, 5.74) is 0.563. The van der Waals surface area contributed by atoms with Crippen LogP contribution in [-0.2, 0) is 0 Å². The van der Waals surface area contributed by atoms with Gasteiger partial charge in [-0.1, -0.05) is 11.6 Å². The van der Waals surface area contributed by atoms with Crippen molar-refractivity contribution >= 4 is 28.5 Å². The fourth-order valence-corrected chi connectivity index (χ4v) is 1.85. The highest BCUT2D eigenvalue weighted by Crippen LogP contribution is 2.27. The highest BCUT2D eigenvalue weighted by molar-refractivity contribution is 6.31. The molecule has 0 aliphatic rings. The number of hydrogen-bond donors (Lipinski definition) is 1. The van der Waals surface area contributed by atoms with Gasteiger partial charge in [-0.25, -0.2) is 9.78 Å². The molecule has 0 fully saturated rings. The van der Waals surface area contributed by atoms with E-state index >= 15 is 0 Å². The number of ether oxygens (including phenoxy) is 1. The van der Waals surface area contributed by atoms with Crippen LogP contribution in [-0.4, -0.2) is 23.2 Å². The molecule has 1 aromatic heterocycles. The van der Waals surface area contributed by atoms with Crippen molar-refractivity contribution in [2.45, 2.75) is 0 Å². The molecule has 0 aliphatic heterocycles. The van der Waals surface area contributed by atoms with Crippen LogP contribution >= 0.6 is 11.6 Å². The Hall–Kier alpha value is -2.32. The molecule has 0 bridgehead atoms. The summed E-state index contributed by atoms with van der Waals surface area (Å²) in [6.45, 7) is 0. The number of hydrogen-bond acceptors (Lipinski definition) is 4. The summed E-state index contributed by atoms with van der Waals surface area (Å²) in [5.74, 6) is -1.19. The van der Waals surface area contributed by atoms with Gasteiger partial charge in [0.2, 0.25) is 5.88 Å². The minimum absolute atomic E-state index is 0.0335. The Labute approximate surface area is 107 Å². The summed E-state index contributed by atoms with van der Waals surface area (Å²) in [5, 5.41) is 18.9. The summed E-state index contributed by atoms with van der Waals surface area (Å²) in [7, 11) is 1.32. The average Bonchev–Trinajstić information content (AvgIpc) is 2.35. The zero-order valence-electron chi connectivity index (χ0n) is 9.27. The second-order valence-corrected chi connectivity index (χ2v) is 3.92. The fraction of sp³-hybridized carbons (Fsp3) is 0.0833. The Morgan fingerprint density at radius 2 is 2.22 bits per heavy atom. The largest absolute Gasteiger partial charge is 0.480 e. The van der Waals surface area contributed by atoms with E-state index in [1.165, 1.54) is 19.2 Å². The van der Waals surface area contributed by atoms with Gasteiger partial charge in [-0.3, -0.25) is 0 Å². The van der Waals surface area contributed by atoms with Gasteiger partial charge in [-0.2, -0.15) is 5.26 Å². The van der Waals surface area contributed by atoms with E-state index in [1.807, 2.05) is 6.07 Å². The van der Waals surface area contributed by atoms with Gasteiger partial charge in [-0.05, 0) is 18.2 Å². The number of aromatic nitrogens is 1. The Bertz CT molecular complexity index is 692. The number of pyridine rings is 1. The minimum atomic E-state index is -1.15. The summed E-state index contributed by atoms with van der Waals surface area (Å²) < 4.78 is 4.91. The predicted octanol–water partition coefficient (Wildman–Crippen LogP) is 2.47. The summed E-state index contributed by atoms with van der Waals surface area (Å²) in [6, 6.07) is 6.37. The molecule has 0 amide bonds. The normalized spacial score (nSPS) is 10.1. The first-order chi connectivity index (χ1) is 8.56.